The van der Waals surface area contributed by atoms with Crippen molar-refractivity contribution in [3.63, 3.8) is 0 Å². The van der Waals surface area contributed by atoms with Gasteiger partial charge in [0.1, 0.15) is 5.75 Å². The highest BCUT2D eigenvalue weighted by molar-refractivity contribution is 8.03. The molecule has 2 rings (SSSR count). The van der Waals surface area contributed by atoms with Crippen LogP contribution in [-0.4, -0.2) is 23.6 Å². The van der Waals surface area contributed by atoms with Crippen LogP contribution in [0.3, 0.4) is 0 Å². The second kappa shape index (κ2) is 6.60. The first-order chi connectivity index (χ1) is 9.15. The Morgan fingerprint density at radius 1 is 1.32 bits per heavy atom. The molecule has 0 saturated heterocycles. The van der Waals surface area contributed by atoms with Gasteiger partial charge < -0.3 is 10.5 Å². The lowest BCUT2D eigenvalue weighted by molar-refractivity contribution is 0.405. The highest BCUT2D eigenvalue weighted by Gasteiger charge is 2.15. The van der Waals surface area contributed by atoms with Crippen LogP contribution in [0.25, 0.3) is 0 Å². The zero-order valence-electron chi connectivity index (χ0n) is 10.9. The quantitative estimate of drug-likeness (QED) is 0.853. The molecule has 1 heterocycles. The number of methoxy groups -OCH3 is 1. The number of hydrogen-bond donors (Lipinski definition) is 1. The van der Waals surface area contributed by atoms with E-state index in [1.165, 1.54) is 0 Å². The third-order valence-corrected chi connectivity index (χ3v) is 5.49. The van der Waals surface area contributed by atoms with Crippen LogP contribution >= 0.6 is 34.9 Å². The van der Waals surface area contributed by atoms with E-state index in [2.05, 4.69) is 10.2 Å². The van der Waals surface area contributed by atoms with E-state index in [1.807, 2.05) is 31.4 Å². The Balaban J connectivity index is 2.33. The fourth-order valence-electron chi connectivity index (χ4n) is 1.65. The Morgan fingerprint density at radius 2 is 2.05 bits per heavy atom. The summed E-state index contributed by atoms with van der Waals surface area (Å²) in [6.45, 7) is 1.95. The van der Waals surface area contributed by atoms with E-state index in [0.29, 0.717) is 0 Å². The number of hydrogen-bond acceptors (Lipinski definition) is 7. The second-order valence-electron chi connectivity index (χ2n) is 3.80. The first-order valence-electron chi connectivity index (χ1n) is 5.63. The summed E-state index contributed by atoms with van der Waals surface area (Å²) in [6.07, 6.45) is 1.99. The van der Waals surface area contributed by atoms with E-state index < -0.39 is 0 Å². The molecule has 0 spiro atoms. The molecule has 0 aliphatic carbocycles. The molecule has 0 aliphatic heterocycles. The summed E-state index contributed by atoms with van der Waals surface area (Å²) >= 11 is 4.76. The van der Waals surface area contributed by atoms with E-state index in [9.17, 15) is 0 Å². The maximum absolute atomic E-state index is 6.05. The summed E-state index contributed by atoms with van der Waals surface area (Å²) in [7, 11) is 1.66. The Bertz CT molecular complexity index is 557. The third-order valence-electron chi connectivity index (χ3n) is 2.46. The zero-order valence-corrected chi connectivity index (χ0v) is 13.4. The van der Waals surface area contributed by atoms with Gasteiger partial charge in [-0.05, 0) is 25.3 Å². The maximum Gasteiger partial charge on any atom is 0.179 e. The summed E-state index contributed by atoms with van der Waals surface area (Å²) in [5.41, 5.74) is 7.06. The zero-order chi connectivity index (χ0) is 13.8. The number of aromatic nitrogens is 2. The molecule has 0 radical (unpaired) electrons. The van der Waals surface area contributed by atoms with Crippen molar-refractivity contribution in [2.24, 2.45) is 5.73 Å². The van der Waals surface area contributed by atoms with Crippen molar-refractivity contribution in [3.8, 4) is 5.75 Å². The van der Waals surface area contributed by atoms with Crippen LogP contribution in [0.5, 0.6) is 5.75 Å². The van der Waals surface area contributed by atoms with Gasteiger partial charge in [0.25, 0.3) is 0 Å². The fraction of sp³-hybridized carbons (Fsp3) is 0.333. The van der Waals surface area contributed by atoms with Crippen LogP contribution in [0.2, 0.25) is 0 Å². The van der Waals surface area contributed by atoms with E-state index in [1.54, 1.807) is 42.0 Å². The number of nitrogens with two attached hydrogens (primary N) is 1. The molecule has 2 N–H and O–H groups in total. The van der Waals surface area contributed by atoms with Gasteiger partial charge in [0.2, 0.25) is 0 Å². The minimum Gasteiger partial charge on any atom is -0.496 e. The van der Waals surface area contributed by atoms with Gasteiger partial charge in [-0.15, -0.1) is 10.2 Å². The number of ether oxygens (including phenoxy) is 1. The van der Waals surface area contributed by atoms with Crippen molar-refractivity contribution in [3.05, 3.63) is 23.8 Å². The number of rotatable bonds is 5. The molecule has 0 aliphatic rings. The molecule has 19 heavy (non-hydrogen) atoms. The third kappa shape index (κ3) is 3.42. The van der Waals surface area contributed by atoms with Crippen LogP contribution in [-0.2, 0) is 0 Å². The van der Waals surface area contributed by atoms with Gasteiger partial charge in [-0.25, -0.2) is 0 Å². The monoisotopic (exact) mass is 313 g/mol. The molecule has 2 aromatic rings. The van der Waals surface area contributed by atoms with Crippen molar-refractivity contribution >= 4 is 34.9 Å². The topological polar surface area (TPSA) is 61.0 Å². The fourth-order valence-corrected chi connectivity index (χ4v) is 4.30. The first-order valence-corrected chi connectivity index (χ1v) is 8.49. The molecule has 0 bridgehead atoms. The normalized spacial score (nSPS) is 12.4. The molecular weight excluding hydrogens is 298 g/mol. The van der Waals surface area contributed by atoms with Gasteiger partial charge in [0.05, 0.1) is 7.11 Å². The molecule has 0 amide bonds. The Labute approximate surface area is 125 Å². The van der Waals surface area contributed by atoms with Crippen LogP contribution in [0.1, 0.15) is 18.5 Å². The SMILES string of the molecule is COc1cccc(Sc2nnc(SC)s2)c1[C@H](C)N. The molecular formula is C12H15N3OS3. The minimum atomic E-state index is -0.0911. The lowest BCUT2D eigenvalue weighted by atomic mass is 10.1. The summed E-state index contributed by atoms with van der Waals surface area (Å²) in [4.78, 5) is 1.07. The summed E-state index contributed by atoms with van der Waals surface area (Å²) < 4.78 is 7.26. The molecule has 7 heteroatoms. The van der Waals surface area contributed by atoms with Gasteiger partial charge in [0.15, 0.2) is 8.68 Å². The second-order valence-corrected chi connectivity index (χ2v) is 7.12. The summed E-state index contributed by atoms with van der Waals surface area (Å²) in [5, 5.41) is 8.26. The van der Waals surface area contributed by atoms with E-state index in [4.69, 9.17) is 10.5 Å². The Kier molecular flexibility index (Phi) is 5.09. The van der Waals surface area contributed by atoms with Gasteiger partial charge >= 0.3 is 0 Å². The molecule has 1 aromatic carbocycles. The molecule has 4 nitrogen and oxygen atoms in total. The molecule has 0 fully saturated rings. The molecule has 0 unspecified atom stereocenters. The van der Waals surface area contributed by atoms with Crippen molar-refractivity contribution in [2.75, 3.05) is 13.4 Å². The largest absolute Gasteiger partial charge is 0.496 e. The standard InChI is InChI=1S/C12H15N3OS3/c1-7(13)10-8(16-2)5-4-6-9(10)18-12-15-14-11(17-3)19-12/h4-7H,13H2,1-3H3/t7-/m0/s1. The number of benzene rings is 1. The van der Waals surface area contributed by atoms with Crippen molar-refractivity contribution < 1.29 is 4.74 Å². The van der Waals surface area contributed by atoms with Crippen LogP contribution in [0.4, 0.5) is 0 Å². The minimum absolute atomic E-state index is 0.0911. The average Bonchev–Trinajstić information content (AvgIpc) is 2.85. The van der Waals surface area contributed by atoms with Crippen molar-refractivity contribution in [2.45, 2.75) is 26.5 Å². The lowest BCUT2D eigenvalue weighted by Gasteiger charge is -2.15. The van der Waals surface area contributed by atoms with Gasteiger partial charge in [-0.1, -0.05) is 40.9 Å². The van der Waals surface area contributed by atoms with E-state index in [-0.39, 0.29) is 6.04 Å². The van der Waals surface area contributed by atoms with Gasteiger partial charge in [-0.2, -0.15) is 0 Å². The van der Waals surface area contributed by atoms with Crippen molar-refractivity contribution in [1.29, 1.82) is 0 Å². The van der Waals surface area contributed by atoms with E-state index in [0.717, 1.165) is 24.9 Å². The summed E-state index contributed by atoms with van der Waals surface area (Å²) in [5.74, 6) is 0.814. The van der Waals surface area contributed by atoms with E-state index >= 15 is 0 Å². The molecule has 102 valence electrons. The van der Waals surface area contributed by atoms with Gasteiger partial charge in [0, 0.05) is 16.5 Å². The molecule has 0 saturated carbocycles. The van der Waals surface area contributed by atoms with Crippen molar-refractivity contribution in [1.82, 2.24) is 10.2 Å². The average molecular weight is 313 g/mol. The molecule has 1 aromatic heterocycles. The Morgan fingerprint density at radius 3 is 2.63 bits per heavy atom. The number of nitrogens with zero attached hydrogens (tertiary/aromatic N) is 2. The smallest absolute Gasteiger partial charge is 0.179 e. The lowest BCUT2D eigenvalue weighted by Crippen LogP contribution is -2.08. The van der Waals surface area contributed by atoms with Crippen LogP contribution in [0, 0.1) is 0 Å². The Hall–Kier alpha value is -0.760. The van der Waals surface area contributed by atoms with Gasteiger partial charge in [-0.3, -0.25) is 0 Å². The number of thioether (sulfide) groups is 1. The first kappa shape index (κ1) is 14.6. The highest BCUT2D eigenvalue weighted by atomic mass is 32.2. The predicted octanol–water partition coefficient (Wildman–Crippen LogP) is 3.44. The van der Waals surface area contributed by atoms with Crippen LogP contribution < -0.4 is 10.5 Å². The van der Waals surface area contributed by atoms with Crippen LogP contribution in [0.15, 0.2) is 31.8 Å². The highest BCUT2D eigenvalue weighted by Crippen LogP contribution is 2.39. The molecule has 1 atom stereocenters. The summed E-state index contributed by atoms with van der Waals surface area (Å²) in [6, 6.07) is 5.83. The predicted molar refractivity (Wildman–Crippen MR) is 81.4 cm³/mol. The maximum atomic E-state index is 6.05.